The smallest absolute Gasteiger partial charge is 0.0840 e. The van der Waals surface area contributed by atoms with E-state index in [0.717, 1.165) is 24.4 Å². The Bertz CT molecular complexity index is 184. The molecule has 0 amide bonds. The van der Waals surface area contributed by atoms with Gasteiger partial charge in [0.2, 0.25) is 0 Å². The Kier molecular flexibility index (Phi) is 2.08. The molecule has 1 saturated heterocycles. The van der Waals surface area contributed by atoms with Gasteiger partial charge in [-0.05, 0) is 30.6 Å². The molecule has 0 radical (unpaired) electrons. The summed E-state index contributed by atoms with van der Waals surface area (Å²) >= 11 is 0. The van der Waals surface area contributed by atoms with Crippen LogP contribution in [0.2, 0.25) is 0 Å². The third-order valence-corrected chi connectivity index (χ3v) is 4.47. The van der Waals surface area contributed by atoms with Crippen molar-refractivity contribution in [1.29, 1.82) is 0 Å². The number of rotatable bonds is 1. The second-order valence-corrected chi connectivity index (χ2v) is 5.17. The molecule has 2 aliphatic carbocycles. The van der Waals surface area contributed by atoms with Gasteiger partial charge in [-0.1, -0.05) is 32.1 Å². The van der Waals surface area contributed by atoms with E-state index < -0.39 is 0 Å². The quantitative estimate of drug-likeness (QED) is 0.565. The molecule has 0 spiro atoms. The summed E-state index contributed by atoms with van der Waals surface area (Å²) in [5, 5.41) is 0. The lowest BCUT2D eigenvalue weighted by Gasteiger charge is -2.40. The molecule has 13 heavy (non-hydrogen) atoms. The van der Waals surface area contributed by atoms with E-state index >= 15 is 0 Å². The second kappa shape index (κ2) is 3.27. The Hall–Kier alpha value is -0.0400. The Balaban J connectivity index is 1.71. The highest BCUT2D eigenvalue weighted by atomic mass is 16.6. The van der Waals surface area contributed by atoms with Gasteiger partial charge in [-0.2, -0.15) is 0 Å². The molecule has 1 heteroatoms. The van der Waals surface area contributed by atoms with Crippen molar-refractivity contribution in [2.45, 2.75) is 51.0 Å². The molecule has 0 aromatic rings. The fraction of sp³-hybridized carbons (Fsp3) is 1.00. The second-order valence-electron chi connectivity index (χ2n) is 5.17. The third-order valence-electron chi connectivity index (χ3n) is 4.47. The van der Waals surface area contributed by atoms with Gasteiger partial charge in [-0.15, -0.1) is 0 Å². The van der Waals surface area contributed by atoms with Crippen molar-refractivity contribution < 1.29 is 4.74 Å². The normalized spacial score (nSPS) is 49.8. The summed E-state index contributed by atoms with van der Waals surface area (Å²) in [6.45, 7) is 1.08. The molecule has 3 rings (SSSR count). The molecule has 0 aromatic carbocycles. The zero-order valence-electron chi connectivity index (χ0n) is 8.37. The number of epoxide rings is 1. The molecule has 1 nitrogen and oxygen atoms in total. The minimum atomic E-state index is 0.686. The van der Waals surface area contributed by atoms with Crippen molar-refractivity contribution in [2.75, 3.05) is 6.61 Å². The van der Waals surface area contributed by atoms with Crippen LogP contribution in [0.5, 0.6) is 0 Å². The number of hydrogen-bond donors (Lipinski definition) is 0. The van der Waals surface area contributed by atoms with Crippen LogP contribution < -0.4 is 0 Å². The topological polar surface area (TPSA) is 12.5 Å². The van der Waals surface area contributed by atoms with E-state index in [1.807, 2.05) is 0 Å². The van der Waals surface area contributed by atoms with Gasteiger partial charge in [0, 0.05) is 0 Å². The van der Waals surface area contributed by atoms with E-state index in [-0.39, 0.29) is 0 Å². The van der Waals surface area contributed by atoms with Crippen LogP contribution >= 0.6 is 0 Å². The van der Waals surface area contributed by atoms with Crippen LogP contribution in [0.25, 0.3) is 0 Å². The maximum atomic E-state index is 5.50. The first-order valence-corrected chi connectivity index (χ1v) is 6.07. The number of ether oxygens (including phenoxy) is 1. The highest BCUT2D eigenvalue weighted by molar-refractivity contribution is 4.92. The summed E-state index contributed by atoms with van der Waals surface area (Å²) in [6.07, 6.45) is 11.2. The Labute approximate surface area is 80.8 Å². The van der Waals surface area contributed by atoms with Crippen molar-refractivity contribution in [2.24, 2.45) is 17.8 Å². The fourth-order valence-corrected chi connectivity index (χ4v) is 3.75. The predicted octanol–water partition coefficient (Wildman–Crippen LogP) is 2.99. The van der Waals surface area contributed by atoms with Crippen LogP contribution in [0.3, 0.4) is 0 Å². The van der Waals surface area contributed by atoms with Gasteiger partial charge in [0.05, 0.1) is 12.7 Å². The van der Waals surface area contributed by atoms with Crippen LogP contribution in [0, 0.1) is 17.8 Å². The van der Waals surface area contributed by atoms with Gasteiger partial charge < -0.3 is 4.74 Å². The molecular weight excluding hydrogens is 160 g/mol. The highest BCUT2D eigenvalue weighted by Gasteiger charge is 2.43. The molecule has 3 aliphatic rings. The fourth-order valence-electron chi connectivity index (χ4n) is 3.75. The van der Waals surface area contributed by atoms with Crippen LogP contribution in [-0.2, 0) is 4.74 Å². The van der Waals surface area contributed by atoms with Crippen molar-refractivity contribution in [1.82, 2.24) is 0 Å². The van der Waals surface area contributed by atoms with Gasteiger partial charge in [-0.3, -0.25) is 0 Å². The summed E-state index contributed by atoms with van der Waals surface area (Å²) in [6, 6.07) is 0. The molecule has 4 unspecified atom stereocenters. The number of hydrogen-bond acceptors (Lipinski definition) is 1. The van der Waals surface area contributed by atoms with Crippen molar-refractivity contribution in [3.8, 4) is 0 Å². The molecule has 0 aromatic heterocycles. The molecule has 2 saturated carbocycles. The van der Waals surface area contributed by atoms with Crippen molar-refractivity contribution in [3.05, 3.63) is 0 Å². The minimum Gasteiger partial charge on any atom is -0.373 e. The van der Waals surface area contributed by atoms with E-state index in [1.165, 1.54) is 44.9 Å². The van der Waals surface area contributed by atoms with Crippen LogP contribution in [-0.4, -0.2) is 12.7 Å². The first-order chi connectivity index (χ1) is 6.45. The van der Waals surface area contributed by atoms with Gasteiger partial charge in [0.15, 0.2) is 0 Å². The summed E-state index contributed by atoms with van der Waals surface area (Å²) in [4.78, 5) is 0. The minimum absolute atomic E-state index is 0.686. The van der Waals surface area contributed by atoms with Crippen LogP contribution in [0.1, 0.15) is 44.9 Å². The summed E-state index contributed by atoms with van der Waals surface area (Å²) in [5.74, 6) is 3.09. The molecule has 0 N–H and O–H groups in total. The van der Waals surface area contributed by atoms with E-state index in [1.54, 1.807) is 0 Å². The van der Waals surface area contributed by atoms with Crippen LogP contribution in [0.15, 0.2) is 0 Å². The van der Waals surface area contributed by atoms with Gasteiger partial charge in [0.25, 0.3) is 0 Å². The molecule has 1 heterocycles. The maximum Gasteiger partial charge on any atom is 0.0840 e. The van der Waals surface area contributed by atoms with E-state index in [0.29, 0.717) is 6.10 Å². The average molecular weight is 180 g/mol. The predicted molar refractivity (Wildman–Crippen MR) is 52.5 cm³/mol. The molecular formula is C12H20O. The lowest BCUT2D eigenvalue weighted by molar-refractivity contribution is 0.0833. The third kappa shape index (κ3) is 1.52. The van der Waals surface area contributed by atoms with E-state index in [4.69, 9.17) is 4.74 Å². The van der Waals surface area contributed by atoms with E-state index in [2.05, 4.69) is 0 Å². The molecule has 0 bridgehead atoms. The Morgan fingerprint density at radius 2 is 1.46 bits per heavy atom. The highest BCUT2D eigenvalue weighted by Crippen LogP contribution is 2.47. The summed E-state index contributed by atoms with van der Waals surface area (Å²) in [7, 11) is 0. The van der Waals surface area contributed by atoms with Crippen molar-refractivity contribution in [3.63, 3.8) is 0 Å². The SMILES string of the molecule is C1CCC2C(C1)CCCC2C1CO1. The Morgan fingerprint density at radius 1 is 0.769 bits per heavy atom. The molecule has 4 atom stereocenters. The zero-order valence-corrected chi connectivity index (χ0v) is 8.37. The van der Waals surface area contributed by atoms with Gasteiger partial charge >= 0.3 is 0 Å². The maximum absolute atomic E-state index is 5.50. The monoisotopic (exact) mass is 180 g/mol. The summed E-state index contributed by atoms with van der Waals surface area (Å²) < 4.78 is 5.50. The molecule has 74 valence electrons. The average Bonchev–Trinajstić information content (AvgIpc) is 3.00. The lowest BCUT2D eigenvalue weighted by Crippen LogP contribution is -2.33. The molecule has 3 fully saturated rings. The van der Waals surface area contributed by atoms with Crippen molar-refractivity contribution >= 4 is 0 Å². The largest absolute Gasteiger partial charge is 0.373 e. The van der Waals surface area contributed by atoms with Gasteiger partial charge in [-0.25, -0.2) is 0 Å². The standard InChI is InChI=1S/C12H20O/c1-2-6-10-9(4-1)5-3-7-11(10)12-8-13-12/h9-12H,1-8H2. The van der Waals surface area contributed by atoms with Gasteiger partial charge in [0.1, 0.15) is 0 Å². The number of fused-ring (bicyclic) bond motifs is 1. The van der Waals surface area contributed by atoms with E-state index in [9.17, 15) is 0 Å². The lowest BCUT2D eigenvalue weighted by atomic mass is 9.65. The first-order valence-electron chi connectivity index (χ1n) is 6.07. The van der Waals surface area contributed by atoms with Crippen LogP contribution in [0.4, 0.5) is 0 Å². The Morgan fingerprint density at radius 3 is 2.31 bits per heavy atom. The summed E-state index contributed by atoms with van der Waals surface area (Å²) in [5.41, 5.74) is 0. The molecule has 1 aliphatic heterocycles. The first kappa shape index (κ1) is 8.28. The zero-order chi connectivity index (χ0) is 8.67.